The molecule has 1 aromatic heterocycles. The van der Waals surface area contributed by atoms with Gasteiger partial charge in [0, 0.05) is 6.07 Å². The van der Waals surface area contributed by atoms with Gasteiger partial charge in [-0.3, -0.25) is 4.72 Å². The van der Waals surface area contributed by atoms with Crippen molar-refractivity contribution in [2.45, 2.75) is 11.8 Å². The number of benzene rings is 1. The molecule has 0 saturated carbocycles. The van der Waals surface area contributed by atoms with Gasteiger partial charge in [0.15, 0.2) is 5.13 Å². The van der Waals surface area contributed by atoms with Gasteiger partial charge in [-0.15, -0.1) is 0 Å². The molecule has 10 heteroatoms. The van der Waals surface area contributed by atoms with Crippen molar-refractivity contribution in [2.24, 2.45) is 0 Å². The zero-order valence-electron chi connectivity index (χ0n) is 12.5. The second-order valence-electron chi connectivity index (χ2n) is 4.36. The Morgan fingerprint density at radius 2 is 2.00 bits per heavy atom. The molecule has 0 saturated heterocycles. The lowest BCUT2D eigenvalue weighted by atomic mass is 10.3. The lowest BCUT2D eigenvalue weighted by Gasteiger charge is -2.11. The summed E-state index contributed by atoms with van der Waals surface area (Å²) in [5, 5.41) is 8.96. The number of thiazole rings is 1. The highest BCUT2D eigenvalue weighted by molar-refractivity contribution is 7.93. The number of aryl methyl sites for hydroxylation is 1. The van der Waals surface area contributed by atoms with Crippen LogP contribution in [0.5, 0.6) is 11.5 Å². The van der Waals surface area contributed by atoms with Crippen LogP contribution in [0, 0.1) is 6.92 Å². The van der Waals surface area contributed by atoms with Crippen LogP contribution in [0.15, 0.2) is 23.1 Å². The molecular formula is C13H14N2O6S2. The van der Waals surface area contributed by atoms with Gasteiger partial charge in [0.25, 0.3) is 10.0 Å². The minimum Gasteiger partial charge on any atom is -0.497 e. The maximum absolute atomic E-state index is 12.5. The zero-order valence-corrected chi connectivity index (χ0v) is 14.1. The second kappa shape index (κ2) is 6.42. The lowest BCUT2D eigenvalue weighted by molar-refractivity contribution is 0.0701. The number of nitrogens with zero attached hydrogens (tertiary/aromatic N) is 1. The van der Waals surface area contributed by atoms with E-state index in [1.54, 1.807) is 6.07 Å². The number of hydrogen-bond donors (Lipinski definition) is 2. The summed E-state index contributed by atoms with van der Waals surface area (Å²) in [4.78, 5) is 14.8. The standard InChI is InChI=1S/C13H14N2O6S2/c1-7-11(12(16)17)22-13(14-7)15-23(18,19)10-6-8(20-2)4-5-9(10)21-3/h4-6H,1-3H3,(H,14,15)(H,16,17). The number of nitrogens with one attached hydrogen (secondary N) is 1. The van der Waals surface area contributed by atoms with Crippen LogP contribution < -0.4 is 14.2 Å². The summed E-state index contributed by atoms with van der Waals surface area (Å²) >= 11 is 0.740. The number of aromatic carboxylic acids is 1. The number of rotatable bonds is 6. The van der Waals surface area contributed by atoms with Crippen molar-refractivity contribution in [3.05, 3.63) is 28.8 Å². The smallest absolute Gasteiger partial charge is 0.347 e. The number of sulfonamides is 1. The van der Waals surface area contributed by atoms with Gasteiger partial charge in [-0.05, 0) is 19.1 Å². The number of aromatic nitrogens is 1. The van der Waals surface area contributed by atoms with Gasteiger partial charge in [-0.1, -0.05) is 11.3 Å². The maximum Gasteiger partial charge on any atom is 0.347 e. The maximum atomic E-state index is 12.5. The zero-order chi connectivity index (χ0) is 17.2. The van der Waals surface area contributed by atoms with Crippen LogP contribution in [0.2, 0.25) is 0 Å². The van der Waals surface area contributed by atoms with Crippen molar-refractivity contribution >= 4 is 32.5 Å². The van der Waals surface area contributed by atoms with Crippen molar-refractivity contribution in [1.29, 1.82) is 0 Å². The van der Waals surface area contributed by atoms with Crippen LogP contribution in [0.25, 0.3) is 0 Å². The van der Waals surface area contributed by atoms with Crippen molar-refractivity contribution in [2.75, 3.05) is 18.9 Å². The van der Waals surface area contributed by atoms with E-state index in [0.29, 0.717) is 5.75 Å². The van der Waals surface area contributed by atoms with E-state index in [-0.39, 0.29) is 26.3 Å². The molecule has 124 valence electrons. The molecule has 1 aromatic carbocycles. The average Bonchev–Trinajstić information content (AvgIpc) is 2.86. The Morgan fingerprint density at radius 3 is 2.52 bits per heavy atom. The van der Waals surface area contributed by atoms with Gasteiger partial charge in [0.2, 0.25) is 0 Å². The van der Waals surface area contributed by atoms with Gasteiger partial charge in [0.1, 0.15) is 21.3 Å². The van der Waals surface area contributed by atoms with Crippen LogP contribution in [0.4, 0.5) is 5.13 Å². The van der Waals surface area contributed by atoms with Crippen molar-refractivity contribution in [3.63, 3.8) is 0 Å². The van der Waals surface area contributed by atoms with Crippen LogP contribution in [-0.2, 0) is 10.0 Å². The third kappa shape index (κ3) is 3.54. The molecule has 2 rings (SSSR count). The van der Waals surface area contributed by atoms with E-state index in [4.69, 9.17) is 14.6 Å². The molecule has 8 nitrogen and oxygen atoms in total. The third-order valence-corrected chi connectivity index (χ3v) is 5.42. The van der Waals surface area contributed by atoms with E-state index in [2.05, 4.69) is 9.71 Å². The predicted octanol–water partition coefficient (Wildman–Crippen LogP) is 1.97. The first-order chi connectivity index (χ1) is 10.8. The highest BCUT2D eigenvalue weighted by Gasteiger charge is 2.23. The molecule has 1 heterocycles. The molecule has 0 amide bonds. The Hall–Kier alpha value is -2.33. The molecule has 0 aliphatic carbocycles. The summed E-state index contributed by atoms with van der Waals surface area (Å²) in [7, 11) is -1.26. The normalized spacial score (nSPS) is 11.1. The fourth-order valence-electron chi connectivity index (χ4n) is 1.80. The summed E-state index contributed by atoms with van der Waals surface area (Å²) in [5.41, 5.74) is 0.234. The molecular weight excluding hydrogens is 344 g/mol. The van der Waals surface area contributed by atoms with Crippen molar-refractivity contribution < 1.29 is 27.8 Å². The number of carbonyl (C=O) groups is 1. The SMILES string of the molecule is COc1ccc(OC)c(S(=O)(=O)Nc2nc(C)c(C(=O)O)s2)c1. The van der Waals surface area contributed by atoms with Gasteiger partial charge < -0.3 is 14.6 Å². The lowest BCUT2D eigenvalue weighted by Crippen LogP contribution is -2.14. The Morgan fingerprint density at radius 1 is 1.30 bits per heavy atom. The van der Waals surface area contributed by atoms with Gasteiger partial charge in [-0.25, -0.2) is 18.2 Å². The molecule has 0 atom stereocenters. The van der Waals surface area contributed by atoms with Gasteiger partial charge in [0.05, 0.1) is 19.9 Å². The van der Waals surface area contributed by atoms with E-state index in [9.17, 15) is 13.2 Å². The van der Waals surface area contributed by atoms with Crippen LogP contribution >= 0.6 is 11.3 Å². The molecule has 0 aliphatic heterocycles. The summed E-state index contributed by atoms with van der Waals surface area (Å²) < 4.78 is 37.3. The Balaban J connectivity index is 2.43. The summed E-state index contributed by atoms with van der Waals surface area (Å²) in [6.07, 6.45) is 0. The monoisotopic (exact) mass is 358 g/mol. The van der Waals surface area contributed by atoms with E-state index in [1.165, 1.54) is 33.3 Å². The number of hydrogen-bond acceptors (Lipinski definition) is 7. The fraction of sp³-hybridized carbons (Fsp3) is 0.231. The Labute approximate surface area is 136 Å². The molecule has 0 bridgehead atoms. The first kappa shape index (κ1) is 17.0. The summed E-state index contributed by atoms with van der Waals surface area (Å²) in [6, 6.07) is 4.33. The minimum absolute atomic E-state index is 0.0275. The minimum atomic E-state index is -4.02. The summed E-state index contributed by atoms with van der Waals surface area (Å²) in [5.74, 6) is -0.692. The van der Waals surface area contributed by atoms with Gasteiger partial charge in [-0.2, -0.15) is 0 Å². The second-order valence-corrected chi connectivity index (χ2v) is 7.01. The van der Waals surface area contributed by atoms with E-state index in [0.717, 1.165) is 11.3 Å². The molecule has 0 radical (unpaired) electrons. The van der Waals surface area contributed by atoms with Gasteiger partial charge >= 0.3 is 5.97 Å². The van der Waals surface area contributed by atoms with Crippen molar-refractivity contribution in [3.8, 4) is 11.5 Å². The molecule has 0 unspecified atom stereocenters. The van der Waals surface area contributed by atoms with Crippen LogP contribution in [-0.4, -0.2) is 38.7 Å². The van der Waals surface area contributed by atoms with E-state index < -0.39 is 16.0 Å². The number of anilines is 1. The largest absolute Gasteiger partial charge is 0.497 e. The third-order valence-electron chi connectivity index (χ3n) is 2.87. The molecule has 0 aliphatic rings. The molecule has 2 N–H and O–H groups in total. The molecule has 2 aromatic rings. The highest BCUT2D eigenvalue weighted by Crippen LogP contribution is 2.31. The van der Waals surface area contributed by atoms with Crippen LogP contribution in [0.1, 0.15) is 15.4 Å². The predicted molar refractivity (Wildman–Crippen MR) is 84.2 cm³/mol. The average molecular weight is 358 g/mol. The molecule has 0 fully saturated rings. The first-order valence-electron chi connectivity index (χ1n) is 6.24. The Kier molecular flexibility index (Phi) is 4.76. The topological polar surface area (TPSA) is 115 Å². The highest BCUT2D eigenvalue weighted by atomic mass is 32.2. The van der Waals surface area contributed by atoms with Crippen LogP contribution in [0.3, 0.4) is 0 Å². The number of carboxylic acids is 1. The first-order valence-corrected chi connectivity index (χ1v) is 8.54. The number of carboxylic acid groups (broad SMARTS) is 1. The molecule has 0 spiro atoms. The number of methoxy groups -OCH3 is 2. The summed E-state index contributed by atoms with van der Waals surface area (Å²) in [6.45, 7) is 1.49. The van der Waals surface area contributed by atoms with E-state index >= 15 is 0 Å². The Bertz CT molecular complexity index is 844. The van der Waals surface area contributed by atoms with Crippen molar-refractivity contribution in [1.82, 2.24) is 4.98 Å². The fourth-order valence-corrected chi connectivity index (χ4v) is 4.03. The number of ether oxygens (including phenoxy) is 2. The van der Waals surface area contributed by atoms with E-state index in [1.807, 2.05) is 0 Å². The molecule has 23 heavy (non-hydrogen) atoms. The quantitative estimate of drug-likeness (QED) is 0.811.